The number of carbonyl (C=O) groups excluding carboxylic acids is 6. The van der Waals surface area contributed by atoms with Crippen molar-refractivity contribution in [3.8, 4) is 23.0 Å². The van der Waals surface area contributed by atoms with Gasteiger partial charge >= 0.3 is 11.9 Å². The molecule has 2 atom stereocenters. The molecule has 6 aromatic rings. The van der Waals surface area contributed by atoms with Crippen LogP contribution in [0.4, 0.5) is 28.9 Å². The number of anilines is 2. The molecule has 2 N–H and O–H groups in total. The van der Waals surface area contributed by atoms with E-state index in [2.05, 4.69) is 9.80 Å². The Morgan fingerprint density at radius 3 is 1.10 bits per heavy atom. The number of Topliss-reactive ketones (excluding diaryl/α,β-unsaturated/α-hetero) is 2. The summed E-state index contributed by atoms with van der Waals surface area (Å²) in [6.07, 6.45) is 3.60. The van der Waals surface area contributed by atoms with E-state index in [1.807, 2.05) is 0 Å². The Bertz CT molecular complexity index is 3070. The first-order valence-corrected chi connectivity index (χ1v) is 28.6. The lowest BCUT2D eigenvalue weighted by Gasteiger charge is -2.41. The summed E-state index contributed by atoms with van der Waals surface area (Å²) in [7, 11) is 3.01. The van der Waals surface area contributed by atoms with Gasteiger partial charge in [0.15, 0.2) is 47.8 Å². The summed E-state index contributed by atoms with van der Waals surface area (Å²) >= 11 is 0. The number of rotatable bonds is 26. The smallest absolute Gasteiger partial charge is 0.418 e. The van der Waals surface area contributed by atoms with Gasteiger partial charge in [0.25, 0.3) is 11.8 Å². The highest BCUT2D eigenvalue weighted by Gasteiger charge is 2.39. The van der Waals surface area contributed by atoms with E-state index in [0.29, 0.717) is 136 Å². The number of halogens is 4. The van der Waals surface area contributed by atoms with Crippen molar-refractivity contribution >= 4 is 46.7 Å². The fraction of sp³-hybridized carbons (Fsp3) is 0.364. The van der Waals surface area contributed by atoms with Crippen LogP contribution >= 0.6 is 0 Å². The second-order valence-corrected chi connectivity index (χ2v) is 21.2. The minimum atomic E-state index is -1.58. The Morgan fingerprint density at radius 2 is 0.793 bits per heavy atom. The summed E-state index contributed by atoms with van der Waals surface area (Å²) in [5.41, 5.74) is 2.60. The molecule has 2 saturated heterocycles. The fourth-order valence-corrected chi connectivity index (χ4v) is 11.2. The molecule has 21 heteroatoms. The molecule has 0 bridgehead atoms. The highest BCUT2D eigenvalue weighted by atomic mass is 19.1. The van der Waals surface area contributed by atoms with E-state index in [1.54, 1.807) is 60.7 Å². The number of hydrogen-bond acceptors (Lipinski definition) is 14. The zero-order chi connectivity index (χ0) is 61.3. The van der Waals surface area contributed by atoms with Crippen molar-refractivity contribution in [1.29, 1.82) is 0 Å². The molecule has 0 spiro atoms. The maximum atomic E-state index is 14.6. The second kappa shape index (κ2) is 31.6. The van der Waals surface area contributed by atoms with Crippen LogP contribution in [-0.2, 0) is 28.7 Å². The van der Waals surface area contributed by atoms with Crippen molar-refractivity contribution in [3.63, 3.8) is 0 Å². The van der Waals surface area contributed by atoms with Crippen molar-refractivity contribution in [3.05, 3.63) is 179 Å². The van der Waals surface area contributed by atoms with Crippen LogP contribution in [0.25, 0.3) is 0 Å². The third-order valence-electron chi connectivity index (χ3n) is 15.6. The van der Waals surface area contributed by atoms with Crippen molar-refractivity contribution in [2.45, 2.75) is 64.5 Å². The van der Waals surface area contributed by atoms with Crippen LogP contribution < -0.4 is 28.7 Å². The standard InChI is InChI=1S/C66H70F4N4O12.H2O/c1-43(75)49-11-25-57(59(39-49)81-3)83-37-5-31-71-33-27-47(28-34-71)63(45-7-13-51(67)14-8-45)73(55-21-17-53(69)18-22-55)61(77)41-85-65(79)66(80)86-42-62(78)74(56-23-19-54(70)20-24-56)64(46-9-15-52(68)16-10-46)48-29-35-72(36-30-48)32-6-38-84-58-26-12-50(44(2)76)40-60(58)82-4;/h7-26,39-40,47-48,63-64H,5-6,27-38,41-42H2,1-4H3;1H2. The van der Waals surface area contributed by atoms with Gasteiger partial charge in [-0.3, -0.25) is 19.2 Å². The third kappa shape index (κ3) is 17.7. The molecule has 0 aromatic heterocycles. The summed E-state index contributed by atoms with van der Waals surface area (Å²) in [5.74, 6) is -5.68. The zero-order valence-electron chi connectivity index (χ0n) is 49.0. The van der Waals surface area contributed by atoms with E-state index < -0.39 is 72.3 Å². The molecular weight excluding hydrogens is 1130 g/mol. The van der Waals surface area contributed by atoms with Crippen LogP contribution in [0.2, 0.25) is 0 Å². The number of esters is 2. The molecule has 8 rings (SSSR count). The quantitative estimate of drug-likeness (QED) is 0.0163. The molecule has 0 saturated carbocycles. The number of piperidine rings is 2. The normalized spacial score (nSPS) is 14.6. The van der Waals surface area contributed by atoms with Crippen LogP contribution in [0.1, 0.15) is 96.3 Å². The molecule has 0 aliphatic carbocycles. The van der Waals surface area contributed by atoms with Crippen LogP contribution in [0.5, 0.6) is 23.0 Å². The van der Waals surface area contributed by atoms with Crippen molar-refractivity contribution in [2.24, 2.45) is 11.8 Å². The zero-order valence-corrected chi connectivity index (χ0v) is 49.0. The van der Waals surface area contributed by atoms with Crippen molar-refractivity contribution in [2.75, 3.05) is 89.7 Å². The van der Waals surface area contributed by atoms with E-state index in [0.717, 1.165) is 0 Å². The minimum Gasteiger partial charge on any atom is -0.493 e. The number of ether oxygens (including phenoxy) is 6. The Hall–Kier alpha value is -8.66. The van der Waals surface area contributed by atoms with E-state index >= 15 is 0 Å². The Labute approximate surface area is 502 Å². The summed E-state index contributed by atoms with van der Waals surface area (Å²) in [6.45, 7) is 5.53. The van der Waals surface area contributed by atoms with Crippen LogP contribution in [0.3, 0.4) is 0 Å². The molecule has 2 aliphatic rings. The molecule has 0 radical (unpaired) electrons. The summed E-state index contributed by atoms with van der Waals surface area (Å²) in [6, 6.07) is 30.1. The predicted octanol–water partition coefficient (Wildman–Crippen LogP) is 10.1. The maximum Gasteiger partial charge on any atom is 0.418 e. The van der Waals surface area contributed by atoms with Gasteiger partial charge in [-0.2, -0.15) is 0 Å². The minimum absolute atomic E-state index is 0. The number of hydrogen-bond donors (Lipinski definition) is 0. The molecule has 462 valence electrons. The van der Waals surface area contributed by atoms with Gasteiger partial charge in [0.05, 0.1) is 39.5 Å². The average molecular weight is 1210 g/mol. The molecule has 2 amide bonds. The SMILES string of the molecule is COc1cc(C(C)=O)ccc1OCCCN1CCC(C(c2ccc(F)cc2)N(C(=O)COC(=O)C(=O)OCC(=O)N(c2ccc(F)cc2)C(c2ccc(F)cc2)C2CCN(CCCOc3ccc(C(C)=O)cc3OC)CC2)c2ccc(F)cc2)CC1.O. The number of ketones is 2. The Kier molecular flexibility index (Phi) is 24.0. The number of nitrogens with zero attached hydrogens (tertiary/aromatic N) is 4. The summed E-state index contributed by atoms with van der Waals surface area (Å²) < 4.78 is 91.4. The molecule has 17 nitrogen and oxygen atoms in total. The lowest BCUT2D eigenvalue weighted by molar-refractivity contribution is -0.169. The van der Waals surface area contributed by atoms with Gasteiger partial charge < -0.3 is 53.5 Å². The first kappa shape index (κ1) is 65.9. The average Bonchev–Trinajstić information content (AvgIpc) is 3.69. The largest absolute Gasteiger partial charge is 0.493 e. The Morgan fingerprint density at radius 1 is 0.471 bits per heavy atom. The molecule has 2 fully saturated rings. The number of likely N-dealkylation sites (tertiary alicyclic amines) is 2. The highest BCUT2D eigenvalue weighted by molar-refractivity contribution is 6.30. The first-order valence-electron chi connectivity index (χ1n) is 28.6. The second-order valence-electron chi connectivity index (χ2n) is 21.2. The van der Waals surface area contributed by atoms with E-state index in [4.69, 9.17) is 28.4 Å². The first-order chi connectivity index (χ1) is 41.5. The molecular formula is C66H72F4N4O13. The van der Waals surface area contributed by atoms with Crippen LogP contribution in [-0.4, -0.2) is 131 Å². The molecule has 2 unspecified atom stereocenters. The lowest BCUT2D eigenvalue weighted by Crippen LogP contribution is -2.45. The fourth-order valence-electron chi connectivity index (χ4n) is 11.2. The van der Waals surface area contributed by atoms with Crippen LogP contribution in [0.15, 0.2) is 133 Å². The van der Waals surface area contributed by atoms with Crippen molar-refractivity contribution in [1.82, 2.24) is 9.80 Å². The molecule has 87 heavy (non-hydrogen) atoms. The van der Waals surface area contributed by atoms with Gasteiger partial charge in [0, 0.05) is 35.6 Å². The van der Waals surface area contributed by atoms with Crippen molar-refractivity contribution < 1.29 is 80.2 Å². The van der Waals surface area contributed by atoms with Gasteiger partial charge in [-0.1, -0.05) is 24.3 Å². The summed E-state index contributed by atoms with van der Waals surface area (Å²) in [4.78, 5) is 87.1. The van der Waals surface area contributed by atoms with E-state index in [-0.39, 0.29) is 40.3 Å². The summed E-state index contributed by atoms with van der Waals surface area (Å²) in [5, 5.41) is 0. The Balaban J connectivity index is 0.0000108. The predicted molar refractivity (Wildman–Crippen MR) is 316 cm³/mol. The third-order valence-corrected chi connectivity index (χ3v) is 15.6. The van der Waals surface area contributed by atoms with E-state index in [9.17, 15) is 46.3 Å². The topological polar surface area (TPSA) is 202 Å². The number of amides is 2. The maximum absolute atomic E-state index is 14.6. The monoisotopic (exact) mass is 1200 g/mol. The van der Waals surface area contributed by atoms with E-state index in [1.165, 1.54) is 111 Å². The van der Waals surface area contributed by atoms with Gasteiger partial charge in [-0.25, -0.2) is 27.2 Å². The lowest BCUT2D eigenvalue weighted by atomic mass is 9.83. The van der Waals surface area contributed by atoms with Crippen LogP contribution in [0, 0.1) is 35.1 Å². The number of carbonyl (C=O) groups is 6. The van der Waals surface area contributed by atoms with Gasteiger partial charge in [-0.05, 0) is 211 Å². The number of benzene rings is 6. The van der Waals surface area contributed by atoms with Gasteiger partial charge in [0.2, 0.25) is 0 Å². The van der Waals surface area contributed by atoms with Gasteiger partial charge in [-0.15, -0.1) is 0 Å². The number of methoxy groups -OCH3 is 2. The van der Waals surface area contributed by atoms with Gasteiger partial charge in [0.1, 0.15) is 23.3 Å². The molecule has 2 heterocycles. The molecule has 6 aromatic carbocycles. The highest BCUT2D eigenvalue weighted by Crippen LogP contribution is 2.41. The molecule has 2 aliphatic heterocycles.